The number of morpholine rings is 1. The molecule has 7 heteroatoms. The second-order valence-corrected chi connectivity index (χ2v) is 8.48. The van der Waals surface area contributed by atoms with E-state index in [1.165, 1.54) is 28.5 Å². The predicted molar refractivity (Wildman–Crippen MR) is 123 cm³/mol. The van der Waals surface area contributed by atoms with Gasteiger partial charge in [0.25, 0.3) is 0 Å². The van der Waals surface area contributed by atoms with Crippen LogP contribution >= 0.6 is 0 Å². The Morgan fingerprint density at radius 1 is 1.12 bits per heavy atom. The van der Waals surface area contributed by atoms with Gasteiger partial charge in [-0.05, 0) is 53.3 Å². The van der Waals surface area contributed by atoms with Crippen LogP contribution in [0.4, 0.5) is 23.7 Å². The largest absolute Gasteiger partial charge is 0.416 e. The summed E-state index contributed by atoms with van der Waals surface area (Å²) < 4.78 is 44.6. The lowest BCUT2D eigenvalue weighted by Crippen LogP contribution is -2.50. The van der Waals surface area contributed by atoms with Crippen LogP contribution in [0.3, 0.4) is 0 Å². The van der Waals surface area contributed by atoms with E-state index in [0.29, 0.717) is 19.8 Å². The molecular weight excluding hydrogens is 429 g/mol. The van der Waals surface area contributed by atoms with Crippen LogP contribution in [0, 0.1) is 0 Å². The van der Waals surface area contributed by atoms with Gasteiger partial charge in [-0.1, -0.05) is 55.5 Å². The quantitative estimate of drug-likeness (QED) is 0.466. The molecule has 2 atom stereocenters. The molecule has 4 nitrogen and oxygen atoms in total. The van der Waals surface area contributed by atoms with Crippen LogP contribution < -0.4 is 5.32 Å². The van der Waals surface area contributed by atoms with Crippen LogP contribution in [0.25, 0.3) is 10.8 Å². The number of carbonyl (C=O) groups is 1. The van der Waals surface area contributed by atoms with Gasteiger partial charge in [0.05, 0.1) is 24.8 Å². The number of amides is 2. The number of benzene rings is 3. The Balaban J connectivity index is 1.42. The Hall–Kier alpha value is -3.06. The lowest BCUT2D eigenvalue weighted by atomic mass is 9.90. The summed E-state index contributed by atoms with van der Waals surface area (Å²) in [5, 5.41) is 5.06. The van der Waals surface area contributed by atoms with Crippen molar-refractivity contribution in [3.8, 4) is 0 Å². The van der Waals surface area contributed by atoms with Crippen molar-refractivity contribution >= 4 is 22.5 Å². The van der Waals surface area contributed by atoms with Gasteiger partial charge in [-0.2, -0.15) is 13.2 Å². The summed E-state index contributed by atoms with van der Waals surface area (Å²) in [5.74, 6) is 0.284. The first-order valence-electron chi connectivity index (χ1n) is 11.1. The molecule has 0 aliphatic carbocycles. The minimum absolute atomic E-state index is 0.129. The first-order valence-corrected chi connectivity index (χ1v) is 11.1. The zero-order chi connectivity index (χ0) is 23.4. The second kappa shape index (κ2) is 9.83. The third-order valence-corrected chi connectivity index (χ3v) is 6.22. The number of hydrogen-bond donors (Lipinski definition) is 1. The van der Waals surface area contributed by atoms with E-state index in [4.69, 9.17) is 4.74 Å². The van der Waals surface area contributed by atoms with Gasteiger partial charge in [0.15, 0.2) is 0 Å². The van der Waals surface area contributed by atoms with E-state index < -0.39 is 17.8 Å². The smallest absolute Gasteiger partial charge is 0.377 e. The van der Waals surface area contributed by atoms with E-state index in [2.05, 4.69) is 42.6 Å². The minimum Gasteiger partial charge on any atom is -0.377 e. The fourth-order valence-corrected chi connectivity index (χ4v) is 4.41. The summed E-state index contributed by atoms with van der Waals surface area (Å²) >= 11 is 0. The van der Waals surface area contributed by atoms with Gasteiger partial charge < -0.3 is 15.0 Å². The maximum Gasteiger partial charge on any atom is 0.416 e. The molecule has 1 saturated heterocycles. The molecule has 1 N–H and O–H groups in total. The van der Waals surface area contributed by atoms with E-state index >= 15 is 0 Å². The normalized spacial score (nSPS) is 17.7. The highest BCUT2D eigenvalue weighted by Crippen LogP contribution is 2.32. The molecule has 2 amide bonds. The summed E-state index contributed by atoms with van der Waals surface area (Å²) in [5.41, 5.74) is 0.608. The Bertz CT molecular complexity index is 1110. The standard InChI is InChI=1S/C26H27F3N2O2/c1-18(23-11-4-7-19-6-2-3-10-24(19)23)12-13-22-17-33-15-14-31(22)25(32)30-21-9-5-8-20(16-21)26(27,28)29/h2-11,16,18,22H,12-15,17H2,1H3,(H,30,32)/t18-,22?/m0/s1. The van der Waals surface area contributed by atoms with Crippen LogP contribution in [-0.2, 0) is 10.9 Å². The number of rotatable bonds is 5. The maximum atomic E-state index is 13.0. The fourth-order valence-electron chi connectivity index (χ4n) is 4.41. The van der Waals surface area contributed by atoms with Crippen LogP contribution in [0.15, 0.2) is 66.7 Å². The number of ether oxygens (including phenoxy) is 1. The average molecular weight is 457 g/mol. The summed E-state index contributed by atoms with van der Waals surface area (Å²) in [4.78, 5) is 14.6. The molecule has 1 aliphatic rings. The van der Waals surface area contributed by atoms with Crippen molar-refractivity contribution < 1.29 is 22.7 Å². The second-order valence-electron chi connectivity index (χ2n) is 8.48. The molecule has 1 aliphatic heterocycles. The molecule has 0 aromatic heterocycles. The molecule has 4 rings (SSSR count). The molecule has 0 radical (unpaired) electrons. The number of hydrogen-bond acceptors (Lipinski definition) is 2. The fraction of sp³-hybridized carbons (Fsp3) is 0.346. The number of nitrogens with zero attached hydrogens (tertiary/aromatic N) is 1. The molecule has 33 heavy (non-hydrogen) atoms. The number of halogens is 3. The van der Waals surface area contributed by atoms with Gasteiger partial charge in [-0.3, -0.25) is 0 Å². The van der Waals surface area contributed by atoms with E-state index in [1.807, 2.05) is 12.1 Å². The number of nitrogens with one attached hydrogen (secondary N) is 1. The van der Waals surface area contributed by atoms with Gasteiger partial charge in [0.1, 0.15) is 0 Å². The highest BCUT2D eigenvalue weighted by atomic mass is 19.4. The van der Waals surface area contributed by atoms with E-state index in [1.54, 1.807) is 4.90 Å². The molecule has 1 unspecified atom stereocenters. The molecule has 1 heterocycles. The van der Waals surface area contributed by atoms with Gasteiger partial charge in [-0.15, -0.1) is 0 Å². The molecule has 0 bridgehead atoms. The van der Waals surface area contributed by atoms with Crippen LogP contribution in [-0.4, -0.2) is 36.7 Å². The molecule has 1 fully saturated rings. The number of anilines is 1. The molecule has 0 spiro atoms. The zero-order valence-corrected chi connectivity index (χ0v) is 18.4. The topological polar surface area (TPSA) is 41.6 Å². The van der Waals surface area contributed by atoms with Gasteiger partial charge in [0, 0.05) is 12.2 Å². The van der Waals surface area contributed by atoms with Gasteiger partial charge in [0.2, 0.25) is 0 Å². The Kier molecular flexibility index (Phi) is 6.88. The number of alkyl halides is 3. The average Bonchev–Trinajstić information content (AvgIpc) is 2.82. The Morgan fingerprint density at radius 2 is 1.88 bits per heavy atom. The van der Waals surface area contributed by atoms with Crippen LogP contribution in [0.1, 0.15) is 36.8 Å². The van der Waals surface area contributed by atoms with Crippen LogP contribution in [0.2, 0.25) is 0 Å². The van der Waals surface area contributed by atoms with Crippen molar-refractivity contribution in [2.45, 2.75) is 37.9 Å². The van der Waals surface area contributed by atoms with Crippen molar-refractivity contribution in [1.82, 2.24) is 4.90 Å². The molecule has 3 aromatic carbocycles. The molecule has 3 aromatic rings. The minimum atomic E-state index is -4.46. The number of urea groups is 1. The highest BCUT2D eigenvalue weighted by Gasteiger charge is 2.31. The first kappa shape index (κ1) is 23.1. The molecular formula is C26H27F3N2O2. The SMILES string of the molecule is C[C@@H](CCC1COCCN1C(=O)Nc1cccc(C(F)(F)F)c1)c1cccc2ccccc12. The molecule has 174 valence electrons. The Labute approximate surface area is 191 Å². The highest BCUT2D eigenvalue weighted by molar-refractivity contribution is 5.89. The number of carbonyl (C=O) groups excluding carboxylic acids is 1. The van der Waals surface area contributed by atoms with E-state index in [0.717, 1.165) is 25.0 Å². The maximum absolute atomic E-state index is 13.0. The van der Waals surface area contributed by atoms with Crippen molar-refractivity contribution in [2.75, 3.05) is 25.1 Å². The predicted octanol–water partition coefficient (Wildman–Crippen LogP) is 6.68. The summed E-state index contributed by atoms with van der Waals surface area (Å²) in [6, 6.07) is 18.7. The Morgan fingerprint density at radius 3 is 2.70 bits per heavy atom. The van der Waals surface area contributed by atoms with Crippen molar-refractivity contribution in [1.29, 1.82) is 0 Å². The third kappa shape index (κ3) is 5.47. The summed E-state index contributed by atoms with van der Waals surface area (Å²) in [7, 11) is 0. The van der Waals surface area contributed by atoms with Crippen molar-refractivity contribution in [3.05, 3.63) is 77.9 Å². The first-order chi connectivity index (χ1) is 15.8. The third-order valence-electron chi connectivity index (χ3n) is 6.22. The lowest BCUT2D eigenvalue weighted by molar-refractivity contribution is -0.137. The summed E-state index contributed by atoms with van der Waals surface area (Å²) in [6.45, 7) is 3.40. The number of fused-ring (bicyclic) bond motifs is 1. The van der Waals surface area contributed by atoms with E-state index in [-0.39, 0.29) is 17.6 Å². The van der Waals surface area contributed by atoms with Gasteiger partial charge in [-0.25, -0.2) is 4.79 Å². The van der Waals surface area contributed by atoms with E-state index in [9.17, 15) is 18.0 Å². The van der Waals surface area contributed by atoms with Crippen LogP contribution in [0.5, 0.6) is 0 Å². The monoisotopic (exact) mass is 456 g/mol. The lowest BCUT2D eigenvalue weighted by Gasteiger charge is -2.36. The molecule has 0 saturated carbocycles. The summed E-state index contributed by atoms with van der Waals surface area (Å²) in [6.07, 6.45) is -2.87. The van der Waals surface area contributed by atoms with Crippen molar-refractivity contribution in [2.24, 2.45) is 0 Å². The van der Waals surface area contributed by atoms with Crippen molar-refractivity contribution in [3.63, 3.8) is 0 Å². The zero-order valence-electron chi connectivity index (χ0n) is 18.4. The van der Waals surface area contributed by atoms with Gasteiger partial charge >= 0.3 is 12.2 Å².